The fraction of sp³-hybridized carbons (Fsp3) is 0.875. The van der Waals surface area contributed by atoms with Crippen LogP contribution in [0.1, 0.15) is 26.7 Å². The molecule has 2 amide bonds. The van der Waals surface area contributed by atoms with Crippen LogP contribution in [0.15, 0.2) is 0 Å². The maximum absolute atomic E-state index is 11.2. The molecule has 0 aromatic carbocycles. The Morgan fingerprint density at radius 3 is 1.50 bits per heavy atom. The van der Waals surface area contributed by atoms with Crippen molar-refractivity contribution in [2.75, 3.05) is 65.6 Å². The normalized spacial score (nSPS) is 15.8. The van der Waals surface area contributed by atoms with Crippen LogP contribution in [0.4, 0.5) is 9.59 Å². The van der Waals surface area contributed by atoms with E-state index in [9.17, 15) is 9.59 Å². The second-order valence-corrected chi connectivity index (χ2v) is 5.68. The summed E-state index contributed by atoms with van der Waals surface area (Å²) in [6.45, 7) is 11.9. The van der Waals surface area contributed by atoms with Gasteiger partial charge in [-0.3, -0.25) is 0 Å². The summed E-state index contributed by atoms with van der Waals surface area (Å²) < 4.78 is 9.64. The molecule has 8 heteroatoms. The van der Waals surface area contributed by atoms with E-state index < -0.39 is 0 Å². The van der Waals surface area contributed by atoms with Crippen molar-refractivity contribution in [3.63, 3.8) is 0 Å². The lowest BCUT2D eigenvalue weighted by atomic mass is 10.2. The Bertz CT molecular complexity index is 326. The third-order valence-electron chi connectivity index (χ3n) is 3.86. The van der Waals surface area contributed by atoms with Crippen LogP contribution in [0.3, 0.4) is 0 Å². The Morgan fingerprint density at radius 2 is 1.17 bits per heavy atom. The number of alkyl carbamates (subject to hydrolysis) is 2. The van der Waals surface area contributed by atoms with Crippen LogP contribution in [0.25, 0.3) is 0 Å². The van der Waals surface area contributed by atoms with Crippen molar-refractivity contribution < 1.29 is 19.1 Å². The minimum Gasteiger partial charge on any atom is -0.450 e. The summed E-state index contributed by atoms with van der Waals surface area (Å²) in [5.74, 6) is 0. The molecule has 0 spiro atoms. The molecule has 0 saturated carbocycles. The number of ether oxygens (including phenoxy) is 2. The first-order chi connectivity index (χ1) is 11.7. The monoisotopic (exact) mass is 344 g/mol. The largest absolute Gasteiger partial charge is 0.450 e. The zero-order chi connectivity index (χ0) is 17.6. The van der Waals surface area contributed by atoms with Crippen LogP contribution >= 0.6 is 0 Å². The molecular weight excluding hydrogens is 312 g/mol. The molecule has 8 nitrogen and oxygen atoms in total. The highest BCUT2D eigenvalue weighted by molar-refractivity contribution is 5.67. The van der Waals surface area contributed by atoms with Gasteiger partial charge in [0.25, 0.3) is 0 Å². The van der Waals surface area contributed by atoms with Gasteiger partial charge >= 0.3 is 12.2 Å². The van der Waals surface area contributed by atoms with Gasteiger partial charge in [-0.15, -0.1) is 0 Å². The molecule has 24 heavy (non-hydrogen) atoms. The lowest BCUT2D eigenvalue weighted by Gasteiger charge is -2.34. The van der Waals surface area contributed by atoms with Gasteiger partial charge in [-0.1, -0.05) is 0 Å². The van der Waals surface area contributed by atoms with E-state index >= 15 is 0 Å². The number of piperazine rings is 1. The maximum atomic E-state index is 11.2. The topological polar surface area (TPSA) is 83.1 Å². The molecule has 1 heterocycles. The quantitative estimate of drug-likeness (QED) is 0.573. The Labute approximate surface area is 144 Å². The van der Waals surface area contributed by atoms with Gasteiger partial charge in [0.05, 0.1) is 13.2 Å². The molecule has 0 radical (unpaired) electrons. The highest BCUT2D eigenvalue weighted by Crippen LogP contribution is 2.03. The van der Waals surface area contributed by atoms with Gasteiger partial charge in [-0.25, -0.2) is 9.59 Å². The Hall–Kier alpha value is -1.54. The Morgan fingerprint density at radius 1 is 0.792 bits per heavy atom. The molecule has 1 rings (SSSR count). The number of amides is 2. The predicted molar refractivity (Wildman–Crippen MR) is 92.2 cm³/mol. The summed E-state index contributed by atoms with van der Waals surface area (Å²) in [4.78, 5) is 27.1. The summed E-state index contributed by atoms with van der Waals surface area (Å²) in [7, 11) is 0. The van der Waals surface area contributed by atoms with Crippen molar-refractivity contribution in [2.45, 2.75) is 26.7 Å². The Balaban J connectivity index is 1.98. The summed E-state index contributed by atoms with van der Waals surface area (Å²) in [6.07, 6.45) is 1.20. The molecule has 1 saturated heterocycles. The van der Waals surface area contributed by atoms with E-state index in [4.69, 9.17) is 9.47 Å². The van der Waals surface area contributed by atoms with Gasteiger partial charge < -0.3 is 29.9 Å². The zero-order valence-corrected chi connectivity index (χ0v) is 15.0. The van der Waals surface area contributed by atoms with Gasteiger partial charge in [0, 0.05) is 39.3 Å². The number of nitrogens with one attached hydrogen (secondary N) is 2. The number of carbonyl (C=O) groups is 2. The minimum absolute atomic E-state index is 0.334. The molecule has 1 aliphatic heterocycles. The highest BCUT2D eigenvalue weighted by atomic mass is 16.5. The molecule has 0 bridgehead atoms. The van der Waals surface area contributed by atoms with Crippen molar-refractivity contribution in [1.82, 2.24) is 20.4 Å². The van der Waals surface area contributed by atoms with Crippen molar-refractivity contribution in [3.05, 3.63) is 0 Å². The van der Waals surface area contributed by atoms with Gasteiger partial charge in [0.15, 0.2) is 0 Å². The molecule has 1 aliphatic rings. The molecule has 1 fully saturated rings. The lowest BCUT2D eigenvalue weighted by Crippen LogP contribution is -2.47. The van der Waals surface area contributed by atoms with E-state index in [1.807, 2.05) is 0 Å². The van der Waals surface area contributed by atoms with Crippen molar-refractivity contribution in [1.29, 1.82) is 0 Å². The van der Waals surface area contributed by atoms with Crippen molar-refractivity contribution in [3.8, 4) is 0 Å². The van der Waals surface area contributed by atoms with E-state index in [2.05, 4.69) is 20.4 Å². The molecule has 140 valence electrons. The summed E-state index contributed by atoms with van der Waals surface area (Å²) in [6, 6.07) is 0. The van der Waals surface area contributed by atoms with Crippen molar-refractivity contribution >= 4 is 12.2 Å². The fourth-order valence-corrected chi connectivity index (χ4v) is 2.59. The van der Waals surface area contributed by atoms with Gasteiger partial charge in [0.1, 0.15) is 0 Å². The van der Waals surface area contributed by atoms with E-state index in [-0.39, 0.29) is 12.2 Å². The molecule has 0 unspecified atom stereocenters. The van der Waals surface area contributed by atoms with Crippen LogP contribution in [-0.2, 0) is 9.47 Å². The van der Waals surface area contributed by atoms with Crippen LogP contribution in [0, 0.1) is 0 Å². The molecular formula is C16H32N4O4. The molecule has 0 atom stereocenters. The third kappa shape index (κ3) is 9.57. The Kier molecular flexibility index (Phi) is 11.0. The number of nitrogens with zero attached hydrogens (tertiary/aromatic N) is 2. The summed E-state index contributed by atoms with van der Waals surface area (Å²) in [5, 5.41) is 5.48. The van der Waals surface area contributed by atoms with E-state index in [1.165, 1.54) is 0 Å². The van der Waals surface area contributed by atoms with Gasteiger partial charge in [-0.05, 0) is 39.8 Å². The van der Waals surface area contributed by atoms with E-state index in [1.54, 1.807) is 13.8 Å². The number of hydrogen-bond acceptors (Lipinski definition) is 6. The lowest BCUT2D eigenvalue weighted by molar-refractivity contribution is 0.127. The molecule has 2 N–H and O–H groups in total. The maximum Gasteiger partial charge on any atom is 0.407 e. The highest BCUT2D eigenvalue weighted by Gasteiger charge is 2.16. The second-order valence-electron chi connectivity index (χ2n) is 5.68. The number of rotatable bonds is 10. The van der Waals surface area contributed by atoms with E-state index in [0.717, 1.165) is 52.1 Å². The van der Waals surface area contributed by atoms with Crippen molar-refractivity contribution in [2.24, 2.45) is 0 Å². The first-order valence-corrected chi connectivity index (χ1v) is 8.91. The van der Waals surface area contributed by atoms with Crippen LogP contribution < -0.4 is 10.6 Å². The summed E-state index contributed by atoms with van der Waals surface area (Å²) in [5.41, 5.74) is 0. The van der Waals surface area contributed by atoms with Gasteiger partial charge in [0.2, 0.25) is 0 Å². The minimum atomic E-state index is -0.334. The van der Waals surface area contributed by atoms with Crippen LogP contribution in [0.2, 0.25) is 0 Å². The summed E-state index contributed by atoms with van der Waals surface area (Å²) >= 11 is 0. The number of hydrogen-bond donors (Lipinski definition) is 2. The second kappa shape index (κ2) is 12.8. The van der Waals surface area contributed by atoms with Crippen LogP contribution in [-0.4, -0.2) is 87.6 Å². The first kappa shape index (κ1) is 20.5. The smallest absolute Gasteiger partial charge is 0.407 e. The standard InChI is InChI=1S/C16H32N4O4/c1-3-23-15(21)17-7-5-9-19-11-13-20(14-12-19)10-6-8-18-16(22)24-4-2/h3-14H2,1-2H3,(H,17,21)(H,18,22). The zero-order valence-electron chi connectivity index (χ0n) is 15.0. The predicted octanol–water partition coefficient (Wildman–Crippen LogP) is 0.876. The average molecular weight is 344 g/mol. The molecule has 0 aromatic rings. The fourth-order valence-electron chi connectivity index (χ4n) is 2.59. The average Bonchev–Trinajstić information content (AvgIpc) is 2.57. The first-order valence-electron chi connectivity index (χ1n) is 8.91. The molecule has 0 aromatic heterocycles. The number of carbonyl (C=O) groups excluding carboxylic acids is 2. The SMILES string of the molecule is CCOC(=O)NCCCN1CCN(CCCNC(=O)OCC)CC1. The third-order valence-corrected chi connectivity index (χ3v) is 3.86. The molecule has 0 aliphatic carbocycles. The van der Waals surface area contributed by atoms with Crippen LogP contribution in [0.5, 0.6) is 0 Å². The van der Waals surface area contributed by atoms with E-state index in [0.29, 0.717) is 26.3 Å². The van der Waals surface area contributed by atoms with Gasteiger partial charge in [-0.2, -0.15) is 0 Å².